The minimum absolute atomic E-state index is 0. The third-order valence-corrected chi connectivity index (χ3v) is 5.47. The lowest BCUT2D eigenvalue weighted by molar-refractivity contribution is 0.0949. The smallest absolute Gasteiger partial charge is 0.263 e. The summed E-state index contributed by atoms with van der Waals surface area (Å²) in [4.78, 5) is 25.4. The molecular weight excluding hydrogens is 401 g/mol. The highest BCUT2D eigenvalue weighted by molar-refractivity contribution is 5.93. The Morgan fingerprint density at radius 1 is 1.29 bits per heavy atom. The lowest BCUT2D eigenvalue weighted by Crippen LogP contribution is -2.46. The van der Waals surface area contributed by atoms with Crippen molar-refractivity contribution in [2.75, 3.05) is 19.6 Å². The highest BCUT2D eigenvalue weighted by Gasteiger charge is 2.31. The van der Waals surface area contributed by atoms with Crippen LogP contribution >= 0.6 is 24.8 Å². The van der Waals surface area contributed by atoms with Crippen LogP contribution in [0.1, 0.15) is 39.8 Å². The minimum Gasteiger partial charge on any atom is -0.350 e. The topological polar surface area (TPSA) is 81.0 Å². The molecule has 0 aromatic carbocycles. The molecular formula is C19H27Cl2N5O2. The summed E-state index contributed by atoms with van der Waals surface area (Å²) in [5.74, 6) is 0.544. The molecule has 0 aliphatic carbocycles. The van der Waals surface area contributed by atoms with Crippen molar-refractivity contribution in [2.45, 2.75) is 39.3 Å². The molecule has 28 heavy (non-hydrogen) atoms. The van der Waals surface area contributed by atoms with Gasteiger partial charge in [-0.25, -0.2) is 0 Å². The number of aryl methyl sites for hydroxylation is 2. The van der Waals surface area contributed by atoms with Crippen LogP contribution in [0.3, 0.4) is 0 Å². The van der Waals surface area contributed by atoms with Crippen LogP contribution in [0.4, 0.5) is 0 Å². The summed E-state index contributed by atoms with van der Waals surface area (Å²) in [6.45, 7) is 7.52. The fraction of sp³-hybridized carbons (Fsp3) is 0.526. The molecule has 9 heteroatoms. The van der Waals surface area contributed by atoms with E-state index in [1.165, 1.54) is 0 Å². The van der Waals surface area contributed by atoms with E-state index in [9.17, 15) is 9.59 Å². The van der Waals surface area contributed by atoms with Crippen LogP contribution in [0.5, 0.6) is 0 Å². The summed E-state index contributed by atoms with van der Waals surface area (Å²) in [6.07, 6.45) is 1.13. The van der Waals surface area contributed by atoms with E-state index >= 15 is 0 Å². The van der Waals surface area contributed by atoms with Crippen LogP contribution in [0.15, 0.2) is 23.0 Å². The third-order valence-electron chi connectivity index (χ3n) is 5.47. The van der Waals surface area contributed by atoms with Gasteiger partial charge in [-0.1, -0.05) is 0 Å². The molecule has 2 atom stereocenters. The second kappa shape index (κ2) is 9.11. The van der Waals surface area contributed by atoms with Gasteiger partial charge >= 0.3 is 0 Å². The summed E-state index contributed by atoms with van der Waals surface area (Å²) in [6, 6.07) is 5.64. The molecule has 1 amide bonds. The van der Waals surface area contributed by atoms with Crippen LogP contribution in [0, 0.1) is 19.8 Å². The number of fused-ring (bicyclic) bond motifs is 4. The number of hydrogen-bond acceptors (Lipinski definition) is 4. The predicted molar refractivity (Wildman–Crippen MR) is 113 cm³/mol. The van der Waals surface area contributed by atoms with Gasteiger partial charge in [0.25, 0.3) is 11.5 Å². The lowest BCUT2D eigenvalue weighted by atomic mass is 9.84. The number of nitrogens with zero attached hydrogens (tertiary/aromatic N) is 3. The van der Waals surface area contributed by atoms with Crippen LogP contribution in [-0.4, -0.2) is 39.9 Å². The van der Waals surface area contributed by atoms with E-state index in [0.717, 1.165) is 36.6 Å². The first-order chi connectivity index (χ1) is 12.5. The Kier molecular flexibility index (Phi) is 7.31. The van der Waals surface area contributed by atoms with Gasteiger partial charge in [0.2, 0.25) is 0 Å². The maximum atomic E-state index is 12.8. The van der Waals surface area contributed by atoms with Gasteiger partial charge in [0.15, 0.2) is 0 Å². The molecule has 2 N–H and O–H groups in total. The standard InChI is InChI=1S/C19H25N5O2.2ClH/c1-12-7-13(2)24(22-12)6-5-21-18(25)16-3-4-17-15-8-14(9-20-10-15)11-23(17)19(16)26;;/h3-4,7,14-15,20H,5-6,8-11H2,1-2H3,(H,21,25);2*1H/t14-,15+;;/m0../s1. The van der Waals surface area contributed by atoms with Crippen molar-refractivity contribution < 1.29 is 4.79 Å². The predicted octanol–water partition coefficient (Wildman–Crippen LogP) is 1.64. The van der Waals surface area contributed by atoms with Crippen molar-refractivity contribution in [3.8, 4) is 0 Å². The van der Waals surface area contributed by atoms with Crippen molar-refractivity contribution in [1.29, 1.82) is 0 Å². The van der Waals surface area contributed by atoms with E-state index in [1.807, 2.05) is 35.2 Å². The first-order valence-electron chi connectivity index (χ1n) is 9.26. The van der Waals surface area contributed by atoms with Gasteiger partial charge in [0.1, 0.15) is 5.56 Å². The highest BCUT2D eigenvalue weighted by atomic mass is 35.5. The van der Waals surface area contributed by atoms with Crippen molar-refractivity contribution in [1.82, 2.24) is 25.0 Å². The fourth-order valence-corrected chi connectivity index (χ4v) is 4.24. The zero-order valence-electron chi connectivity index (χ0n) is 16.1. The molecule has 154 valence electrons. The lowest BCUT2D eigenvalue weighted by Gasteiger charge is -2.37. The molecule has 2 aliphatic rings. The molecule has 7 nitrogen and oxygen atoms in total. The number of carbonyl (C=O) groups is 1. The first kappa shape index (κ1) is 22.5. The number of hydrogen-bond donors (Lipinski definition) is 2. The number of piperidine rings is 1. The maximum absolute atomic E-state index is 12.8. The summed E-state index contributed by atoms with van der Waals surface area (Å²) in [5.41, 5.74) is 3.14. The van der Waals surface area contributed by atoms with Gasteiger partial charge in [-0.05, 0) is 50.9 Å². The number of rotatable bonds is 4. The van der Waals surface area contributed by atoms with Gasteiger partial charge in [0.05, 0.1) is 12.2 Å². The Morgan fingerprint density at radius 3 is 2.79 bits per heavy atom. The van der Waals surface area contributed by atoms with Gasteiger partial charge in [-0.15, -0.1) is 24.8 Å². The second-order valence-corrected chi connectivity index (χ2v) is 7.45. The number of carbonyl (C=O) groups excluding carboxylic acids is 1. The second-order valence-electron chi connectivity index (χ2n) is 7.45. The van der Waals surface area contributed by atoms with E-state index in [2.05, 4.69) is 15.7 Å². The van der Waals surface area contributed by atoms with Gasteiger partial charge in [0, 0.05) is 36.9 Å². The average Bonchev–Trinajstić information content (AvgIpc) is 2.93. The molecule has 4 heterocycles. The van der Waals surface area contributed by atoms with Crippen LogP contribution in [0.25, 0.3) is 0 Å². The Bertz CT molecular complexity index is 908. The zero-order chi connectivity index (χ0) is 18.3. The normalized spacial score (nSPS) is 19.8. The first-order valence-corrected chi connectivity index (χ1v) is 9.26. The Hall–Kier alpha value is -1.83. The van der Waals surface area contributed by atoms with Crippen LogP contribution < -0.4 is 16.2 Å². The third kappa shape index (κ3) is 4.26. The number of aromatic nitrogens is 3. The molecule has 0 unspecified atom stereocenters. The molecule has 0 radical (unpaired) electrons. The maximum Gasteiger partial charge on any atom is 0.263 e. The Morgan fingerprint density at radius 2 is 2.07 bits per heavy atom. The average molecular weight is 428 g/mol. The SMILES string of the molecule is Cc1cc(C)n(CCNC(=O)c2ccc3n(c2=O)C[C@@H]2CNC[C@H]3C2)n1.Cl.Cl. The summed E-state index contributed by atoms with van der Waals surface area (Å²) < 4.78 is 3.68. The Balaban J connectivity index is 0.00000140. The number of halogens is 2. The summed E-state index contributed by atoms with van der Waals surface area (Å²) in [7, 11) is 0. The zero-order valence-corrected chi connectivity index (χ0v) is 17.7. The fourth-order valence-electron chi connectivity index (χ4n) is 4.24. The van der Waals surface area contributed by atoms with Crippen LogP contribution in [0.2, 0.25) is 0 Å². The van der Waals surface area contributed by atoms with Crippen molar-refractivity contribution in [2.24, 2.45) is 5.92 Å². The van der Waals surface area contributed by atoms with Crippen LogP contribution in [-0.2, 0) is 13.1 Å². The molecule has 1 saturated heterocycles. The molecule has 2 aliphatic heterocycles. The van der Waals surface area contributed by atoms with E-state index in [1.54, 1.807) is 6.07 Å². The molecule has 4 rings (SSSR count). The quantitative estimate of drug-likeness (QED) is 0.776. The van der Waals surface area contributed by atoms with E-state index in [0.29, 0.717) is 31.5 Å². The van der Waals surface area contributed by atoms with Gasteiger partial charge < -0.3 is 15.2 Å². The van der Waals surface area contributed by atoms with E-state index in [4.69, 9.17) is 0 Å². The highest BCUT2D eigenvalue weighted by Crippen LogP contribution is 2.31. The molecule has 2 aromatic rings. The number of pyridine rings is 1. The summed E-state index contributed by atoms with van der Waals surface area (Å²) in [5, 5.41) is 10.7. The van der Waals surface area contributed by atoms with Crippen molar-refractivity contribution in [3.05, 3.63) is 51.2 Å². The minimum atomic E-state index is -0.305. The van der Waals surface area contributed by atoms with Crippen molar-refractivity contribution in [3.63, 3.8) is 0 Å². The van der Waals surface area contributed by atoms with Gasteiger partial charge in [-0.3, -0.25) is 14.3 Å². The molecule has 2 aromatic heterocycles. The van der Waals surface area contributed by atoms with E-state index in [-0.39, 0.29) is 41.8 Å². The molecule has 0 spiro atoms. The van der Waals surface area contributed by atoms with Crippen molar-refractivity contribution >= 4 is 30.7 Å². The van der Waals surface area contributed by atoms with E-state index < -0.39 is 0 Å². The molecule has 0 saturated carbocycles. The molecule has 1 fully saturated rings. The summed E-state index contributed by atoms with van der Waals surface area (Å²) >= 11 is 0. The van der Waals surface area contributed by atoms with Gasteiger partial charge in [-0.2, -0.15) is 5.10 Å². The number of amides is 1. The monoisotopic (exact) mass is 427 g/mol. The Labute approximate surface area is 176 Å². The number of nitrogens with one attached hydrogen (secondary N) is 2. The molecule has 2 bridgehead atoms. The largest absolute Gasteiger partial charge is 0.350 e.